The van der Waals surface area contributed by atoms with Crippen LogP contribution >= 0.6 is 27.7 Å². The predicted octanol–water partition coefficient (Wildman–Crippen LogP) is 2.04. The lowest BCUT2D eigenvalue weighted by atomic mass is 10.1. The van der Waals surface area contributed by atoms with E-state index in [-0.39, 0.29) is 27.7 Å². The molecule has 3 rings (SSSR count). The number of aryl methyl sites for hydroxylation is 2. The van der Waals surface area contributed by atoms with Gasteiger partial charge in [0, 0.05) is 29.7 Å². The number of nitrogens with zero attached hydrogens (tertiary/aromatic N) is 3. The number of aromatic nitrogens is 2. The van der Waals surface area contributed by atoms with Crippen LogP contribution in [0, 0.1) is 12.3 Å². The molecule has 3 aromatic rings. The molecule has 2 heterocycles. The van der Waals surface area contributed by atoms with Gasteiger partial charge in [0.25, 0.3) is 11.5 Å². The summed E-state index contributed by atoms with van der Waals surface area (Å²) in [5.41, 5.74) is 5.85. The van der Waals surface area contributed by atoms with E-state index in [1.165, 1.54) is 18.7 Å². The van der Waals surface area contributed by atoms with Gasteiger partial charge in [0.05, 0.1) is 6.42 Å². The molecule has 0 atom stereocenters. The van der Waals surface area contributed by atoms with Crippen LogP contribution in [-0.2, 0) is 25.3 Å². The third-order valence-electron chi connectivity index (χ3n) is 4.46. The van der Waals surface area contributed by atoms with Gasteiger partial charge in [-0.1, -0.05) is 28.1 Å². The number of amidine groups is 1. The first kappa shape index (κ1) is 21.8. The SMILES string of the molecule is Cc1oc2c(c1CC(=O)N=C(N)SC(=N)c1ccc(Br)cc1)c(=O)n(C)c(=O)n2C. The molecule has 0 bridgehead atoms. The summed E-state index contributed by atoms with van der Waals surface area (Å²) in [5, 5.41) is 8.31. The Bertz CT molecular complexity index is 1320. The number of benzene rings is 1. The Morgan fingerprint density at radius 2 is 1.87 bits per heavy atom. The van der Waals surface area contributed by atoms with Gasteiger partial charge >= 0.3 is 5.69 Å². The number of hydrogen-bond acceptors (Lipinski definition) is 6. The van der Waals surface area contributed by atoms with Crippen molar-refractivity contribution in [3.63, 3.8) is 0 Å². The van der Waals surface area contributed by atoms with Crippen molar-refractivity contribution in [2.75, 3.05) is 0 Å². The quantitative estimate of drug-likeness (QED) is 0.424. The Balaban J connectivity index is 1.85. The molecule has 0 saturated carbocycles. The van der Waals surface area contributed by atoms with E-state index in [0.717, 1.165) is 20.8 Å². The molecule has 1 aromatic carbocycles. The number of carbonyl (C=O) groups is 1. The van der Waals surface area contributed by atoms with Gasteiger partial charge in [-0.25, -0.2) is 4.79 Å². The van der Waals surface area contributed by atoms with Gasteiger partial charge in [0.2, 0.25) is 5.71 Å². The fourth-order valence-electron chi connectivity index (χ4n) is 2.90. The van der Waals surface area contributed by atoms with Crippen molar-refractivity contribution in [2.24, 2.45) is 24.8 Å². The van der Waals surface area contributed by atoms with Crippen LogP contribution in [0.5, 0.6) is 0 Å². The number of halogens is 1. The van der Waals surface area contributed by atoms with Crippen LogP contribution in [0.25, 0.3) is 11.1 Å². The Hall–Kier alpha value is -2.92. The van der Waals surface area contributed by atoms with E-state index in [0.29, 0.717) is 16.9 Å². The lowest BCUT2D eigenvalue weighted by Crippen LogP contribution is -2.36. The third-order valence-corrected chi connectivity index (χ3v) is 5.73. The predicted molar refractivity (Wildman–Crippen MR) is 120 cm³/mol. The average Bonchev–Trinajstić information content (AvgIpc) is 3.01. The maximum atomic E-state index is 12.5. The monoisotopic (exact) mass is 491 g/mol. The van der Waals surface area contributed by atoms with E-state index < -0.39 is 17.2 Å². The minimum Gasteiger partial charge on any atom is -0.444 e. The molecule has 2 aromatic heterocycles. The fourth-order valence-corrected chi connectivity index (χ4v) is 3.77. The van der Waals surface area contributed by atoms with Crippen LogP contribution in [0.1, 0.15) is 16.9 Å². The Morgan fingerprint density at radius 1 is 1.23 bits per heavy atom. The highest BCUT2D eigenvalue weighted by Crippen LogP contribution is 2.22. The second kappa shape index (κ2) is 8.44. The van der Waals surface area contributed by atoms with Gasteiger partial charge in [-0.15, -0.1) is 0 Å². The Kier molecular flexibility index (Phi) is 6.13. The van der Waals surface area contributed by atoms with Gasteiger partial charge in [0.15, 0.2) is 5.17 Å². The maximum Gasteiger partial charge on any atom is 0.333 e. The molecule has 0 saturated heterocycles. The summed E-state index contributed by atoms with van der Waals surface area (Å²) in [6.45, 7) is 1.61. The van der Waals surface area contributed by atoms with Crippen molar-refractivity contribution in [3.8, 4) is 0 Å². The van der Waals surface area contributed by atoms with E-state index in [9.17, 15) is 14.4 Å². The summed E-state index contributed by atoms with van der Waals surface area (Å²) in [7, 11) is 2.84. The summed E-state index contributed by atoms with van der Waals surface area (Å²) in [6.07, 6.45) is -0.223. The largest absolute Gasteiger partial charge is 0.444 e. The number of thioether (sulfide) groups is 1. The van der Waals surface area contributed by atoms with Gasteiger partial charge in [-0.05, 0) is 30.8 Å². The Morgan fingerprint density at radius 3 is 2.50 bits per heavy atom. The fraction of sp³-hybridized carbons (Fsp3) is 0.211. The van der Waals surface area contributed by atoms with Crippen LogP contribution in [0.2, 0.25) is 0 Å². The molecule has 0 unspecified atom stereocenters. The van der Waals surface area contributed by atoms with Crippen molar-refractivity contribution >= 4 is 54.9 Å². The number of rotatable bonds is 3. The minimum atomic E-state index is -0.592. The van der Waals surface area contributed by atoms with Crippen LogP contribution in [0.3, 0.4) is 0 Å². The van der Waals surface area contributed by atoms with Crippen LogP contribution in [0.4, 0.5) is 0 Å². The molecule has 0 aliphatic heterocycles. The Labute approximate surface area is 183 Å². The molecule has 0 spiro atoms. The zero-order valence-electron chi connectivity index (χ0n) is 16.4. The van der Waals surface area contributed by atoms with Gasteiger partial charge in [0.1, 0.15) is 16.2 Å². The van der Waals surface area contributed by atoms with Crippen molar-refractivity contribution in [1.29, 1.82) is 5.41 Å². The highest BCUT2D eigenvalue weighted by atomic mass is 79.9. The summed E-state index contributed by atoms with van der Waals surface area (Å²) in [4.78, 5) is 40.9. The highest BCUT2D eigenvalue weighted by molar-refractivity contribution is 9.10. The number of furan rings is 1. The van der Waals surface area contributed by atoms with Crippen LogP contribution < -0.4 is 17.0 Å². The molecule has 1 amide bonds. The van der Waals surface area contributed by atoms with Crippen molar-refractivity contribution in [3.05, 3.63) is 66.5 Å². The minimum absolute atomic E-state index is 0.0846. The normalized spacial score (nSPS) is 11.8. The smallest absolute Gasteiger partial charge is 0.333 e. The maximum absolute atomic E-state index is 12.5. The average molecular weight is 492 g/mol. The summed E-state index contributed by atoms with van der Waals surface area (Å²) in [5.74, 6) is -0.244. The number of aliphatic imine (C=N–C) groups is 1. The second-order valence-corrected chi connectivity index (χ2v) is 8.43. The zero-order valence-corrected chi connectivity index (χ0v) is 18.8. The van der Waals surface area contributed by atoms with Gasteiger partial charge in [-0.3, -0.25) is 24.1 Å². The summed E-state index contributed by atoms with van der Waals surface area (Å²) >= 11 is 4.18. The number of fused-ring (bicyclic) bond motifs is 1. The summed E-state index contributed by atoms with van der Waals surface area (Å²) in [6, 6.07) is 7.08. The number of hydrogen-bond donors (Lipinski definition) is 2. The van der Waals surface area contributed by atoms with Gasteiger partial charge in [-0.2, -0.15) is 4.99 Å². The van der Waals surface area contributed by atoms with E-state index in [1.54, 1.807) is 31.2 Å². The number of nitrogens with two attached hydrogens (primary N) is 1. The molecule has 3 N–H and O–H groups in total. The van der Waals surface area contributed by atoms with Crippen molar-refractivity contribution in [2.45, 2.75) is 13.3 Å². The number of carbonyl (C=O) groups excluding carboxylic acids is 1. The molecule has 0 aliphatic rings. The lowest BCUT2D eigenvalue weighted by molar-refractivity contribution is -0.117. The molecule has 156 valence electrons. The van der Waals surface area contributed by atoms with E-state index >= 15 is 0 Å². The van der Waals surface area contributed by atoms with Gasteiger partial charge < -0.3 is 10.2 Å². The highest BCUT2D eigenvalue weighted by Gasteiger charge is 2.21. The molecule has 9 nitrogen and oxygen atoms in total. The van der Waals surface area contributed by atoms with E-state index in [1.807, 2.05) is 0 Å². The topological polar surface area (TPSA) is 136 Å². The lowest BCUT2D eigenvalue weighted by Gasteiger charge is -2.04. The second-order valence-electron chi connectivity index (χ2n) is 6.48. The van der Waals surface area contributed by atoms with Crippen molar-refractivity contribution < 1.29 is 9.21 Å². The zero-order chi connectivity index (χ0) is 22.2. The summed E-state index contributed by atoms with van der Waals surface area (Å²) < 4.78 is 8.61. The first-order chi connectivity index (χ1) is 14.1. The molecule has 0 fully saturated rings. The van der Waals surface area contributed by atoms with E-state index in [4.69, 9.17) is 15.6 Å². The molecule has 11 heteroatoms. The molecule has 30 heavy (non-hydrogen) atoms. The number of amides is 1. The van der Waals surface area contributed by atoms with E-state index in [2.05, 4.69) is 20.9 Å². The molecule has 0 radical (unpaired) electrons. The van der Waals surface area contributed by atoms with Crippen LogP contribution in [0.15, 0.2) is 47.7 Å². The van der Waals surface area contributed by atoms with Crippen LogP contribution in [-0.4, -0.2) is 25.3 Å². The molecule has 0 aliphatic carbocycles. The standard InChI is InChI=1S/C19H18BrN5O4S/c1-9-12(14-16(27)24(2)19(28)25(3)17(14)29-9)8-13(26)23-18(22)30-15(21)10-4-6-11(20)7-5-10/h4-7,21H,8H2,1-3H3,(H2,22,23,26). The first-order valence-electron chi connectivity index (χ1n) is 8.67. The molecular formula is C19H18BrN5O4S. The third kappa shape index (κ3) is 4.17. The first-order valence-corrected chi connectivity index (χ1v) is 10.3. The van der Waals surface area contributed by atoms with Crippen molar-refractivity contribution in [1.82, 2.24) is 9.13 Å². The molecular weight excluding hydrogens is 474 g/mol. The number of nitrogens with one attached hydrogen (secondary N) is 1.